The van der Waals surface area contributed by atoms with Crippen LogP contribution >= 0.6 is 23.2 Å². The van der Waals surface area contributed by atoms with Gasteiger partial charge in [0, 0.05) is 28.7 Å². The first-order valence-electron chi connectivity index (χ1n) is 14.8. The number of sulfonamides is 1. The van der Waals surface area contributed by atoms with Crippen molar-refractivity contribution >= 4 is 50.7 Å². The predicted molar refractivity (Wildman–Crippen MR) is 177 cm³/mol. The van der Waals surface area contributed by atoms with Crippen LogP contribution in [0.4, 0.5) is 5.69 Å². The molecule has 1 fully saturated rings. The monoisotopic (exact) mass is 675 g/mol. The van der Waals surface area contributed by atoms with Crippen LogP contribution in [-0.4, -0.2) is 58.0 Å². The molecular formula is C33H39Cl2N3O6S. The number of hydrogen-bond donors (Lipinski definition) is 1. The van der Waals surface area contributed by atoms with E-state index in [2.05, 4.69) is 5.32 Å². The van der Waals surface area contributed by atoms with E-state index in [0.717, 1.165) is 35.6 Å². The van der Waals surface area contributed by atoms with Crippen molar-refractivity contribution in [2.75, 3.05) is 25.1 Å². The lowest BCUT2D eigenvalue weighted by molar-refractivity contribution is -0.140. The normalized spacial score (nSPS) is 14.1. The molecule has 1 N–H and O–H groups in total. The largest absolute Gasteiger partial charge is 0.493 e. The minimum atomic E-state index is -4.26. The van der Waals surface area contributed by atoms with Gasteiger partial charge in [0.15, 0.2) is 11.5 Å². The van der Waals surface area contributed by atoms with E-state index in [0.29, 0.717) is 33.5 Å². The third-order valence-electron chi connectivity index (χ3n) is 7.99. The van der Waals surface area contributed by atoms with Gasteiger partial charge in [-0.2, -0.15) is 0 Å². The molecule has 45 heavy (non-hydrogen) atoms. The number of benzene rings is 3. The van der Waals surface area contributed by atoms with Crippen LogP contribution in [0, 0.1) is 6.92 Å². The molecule has 0 aliphatic heterocycles. The molecule has 3 aromatic rings. The van der Waals surface area contributed by atoms with Crippen molar-refractivity contribution in [3.63, 3.8) is 0 Å². The first kappa shape index (κ1) is 34.4. The maximum atomic E-state index is 14.4. The molecule has 0 saturated heterocycles. The van der Waals surface area contributed by atoms with Gasteiger partial charge in [-0.05, 0) is 68.1 Å². The van der Waals surface area contributed by atoms with Crippen LogP contribution in [0.25, 0.3) is 0 Å². The molecule has 0 radical (unpaired) electrons. The van der Waals surface area contributed by atoms with E-state index in [1.54, 1.807) is 42.5 Å². The minimum Gasteiger partial charge on any atom is -0.493 e. The molecule has 0 heterocycles. The van der Waals surface area contributed by atoms with Crippen LogP contribution in [0.5, 0.6) is 11.5 Å². The summed E-state index contributed by atoms with van der Waals surface area (Å²) in [5.41, 5.74) is 1.64. The molecule has 9 nitrogen and oxygen atoms in total. The topological polar surface area (TPSA) is 105 Å². The van der Waals surface area contributed by atoms with E-state index in [4.69, 9.17) is 32.7 Å². The van der Waals surface area contributed by atoms with Crippen LogP contribution in [0.1, 0.15) is 50.2 Å². The Morgan fingerprint density at radius 1 is 0.956 bits per heavy atom. The highest BCUT2D eigenvalue weighted by molar-refractivity contribution is 7.92. The zero-order chi connectivity index (χ0) is 32.7. The molecule has 1 atom stereocenters. The van der Waals surface area contributed by atoms with Gasteiger partial charge in [-0.15, -0.1) is 0 Å². The number of hydrogen-bond acceptors (Lipinski definition) is 6. The van der Waals surface area contributed by atoms with E-state index in [-0.39, 0.29) is 29.1 Å². The Balaban J connectivity index is 1.77. The van der Waals surface area contributed by atoms with Crippen LogP contribution < -0.4 is 19.1 Å². The van der Waals surface area contributed by atoms with Crippen LogP contribution in [-0.2, 0) is 26.2 Å². The van der Waals surface area contributed by atoms with Gasteiger partial charge in [0.05, 0.1) is 24.8 Å². The van der Waals surface area contributed by atoms with Gasteiger partial charge in [0.1, 0.15) is 12.6 Å². The van der Waals surface area contributed by atoms with E-state index >= 15 is 0 Å². The maximum absolute atomic E-state index is 14.4. The van der Waals surface area contributed by atoms with Crippen molar-refractivity contribution in [1.82, 2.24) is 10.2 Å². The molecule has 0 spiro atoms. The van der Waals surface area contributed by atoms with Gasteiger partial charge in [-0.1, -0.05) is 66.7 Å². The van der Waals surface area contributed by atoms with E-state index in [9.17, 15) is 18.0 Å². The highest BCUT2D eigenvalue weighted by Gasteiger charge is 2.35. The summed E-state index contributed by atoms with van der Waals surface area (Å²) >= 11 is 12.6. The molecule has 12 heteroatoms. The van der Waals surface area contributed by atoms with Gasteiger partial charge in [0.25, 0.3) is 10.0 Å². The average molecular weight is 677 g/mol. The lowest BCUT2D eigenvalue weighted by Gasteiger charge is -2.34. The SMILES string of the molecule is CC[C@@H](C(=O)NC1CCCC1)N(Cc1ccc(Cl)cc1Cl)C(=O)CN(c1ccc(OC)c(OC)c1)S(=O)(=O)c1ccc(C)cc1. The Morgan fingerprint density at radius 3 is 2.22 bits per heavy atom. The number of carbonyl (C=O) groups is 2. The Kier molecular flexibility index (Phi) is 11.6. The molecular weight excluding hydrogens is 637 g/mol. The molecule has 3 aromatic carbocycles. The molecule has 1 aliphatic rings. The Labute approximate surface area is 275 Å². The second-order valence-corrected chi connectivity index (χ2v) is 13.7. The summed E-state index contributed by atoms with van der Waals surface area (Å²) < 4.78 is 40.2. The predicted octanol–water partition coefficient (Wildman–Crippen LogP) is 6.38. The fourth-order valence-electron chi connectivity index (χ4n) is 5.47. The smallest absolute Gasteiger partial charge is 0.264 e. The molecule has 0 unspecified atom stereocenters. The highest BCUT2D eigenvalue weighted by atomic mass is 35.5. The van der Waals surface area contributed by atoms with E-state index < -0.39 is 28.5 Å². The molecule has 0 bridgehead atoms. The summed E-state index contributed by atoms with van der Waals surface area (Å²) in [5, 5.41) is 3.86. The number of aryl methyl sites for hydroxylation is 1. The number of nitrogens with zero attached hydrogens (tertiary/aromatic N) is 2. The van der Waals surface area contributed by atoms with Crippen molar-refractivity contribution < 1.29 is 27.5 Å². The van der Waals surface area contributed by atoms with Crippen molar-refractivity contribution in [2.24, 2.45) is 0 Å². The first-order chi connectivity index (χ1) is 21.5. The molecule has 1 saturated carbocycles. The minimum absolute atomic E-state index is 0.00833. The van der Waals surface area contributed by atoms with Gasteiger partial charge in [0.2, 0.25) is 11.8 Å². The number of amides is 2. The average Bonchev–Trinajstić information content (AvgIpc) is 3.53. The van der Waals surface area contributed by atoms with Gasteiger partial charge < -0.3 is 19.7 Å². The first-order valence-corrected chi connectivity index (χ1v) is 17.0. The van der Waals surface area contributed by atoms with Crippen LogP contribution in [0.3, 0.4) is 0 Å². The van der Waals surface area contributed by atoms with Crippen molar-refractivity contribution in [2.45, 2.75) is 69.5 Å². The van der Waals surface area contributed by atoms with Gasteiger partial charge >= 0.3 is 0 Å². The van der Waals surface area contributed by atoms with Crippen molar-refractivity contribution in [3.8, 4) is 11.5 Å². The summed E-state index contributed by atoms with van der Waals surface area (Å²) in [4.78, 5) is 29.4. The summed E-state index contributed by atoms with van der Waals surface area (Å²) in [5.74, 6) is -0.186. The second kappa shape index (κ2) is 15.2. The lowest BCUT2D eigenvalue weighted by Crippen LogP contribution is -2.53. The molecule has 1 aliphatic carbocycles. The van der Waals surface area contributed by atoms with Crippen LogP contribution in [0.2, 0.25) is 10.0 Å². The van der Waals surface area contributed by atoms with E-state index in [1.807, 2.05) is 13.8 Å². The number of ether oxygens (including phenoxy) is 2. The molecule has 242 valence electrons. The molecule has 2 amide bonds. The highest BCUT2D eigenvalue weighted by Crippen LogP contribution is 2.34. The fourth-order valence-corrected chi connectivity index (χ4v) is 7.34. The molecule has 0 aromatic heterocycles. The van der Waals surface area contributed by atoms with Gasteiger partial charge in [-0.25, -0.2) is 8.42 Å². The van der Waals surface area contributed by atoms with Crippen molar-refractivity contribution in [1.29, 1.82) is 0 Å². The lowest BCUT2D eigenvalue weighted by atomic mass is 10.1. The third-order valence-corrected chi connectivity index (χ3v) is 10.4. The second-order valence-electron chi connectivity index (χ2n) is 11.0. The fraction of sp³-hybridized carbons (Fsp3) is 0.394. The van der Waals surface area contributed by atoms with Crippen LogP contribution in [0.15, 0.2) is 65.6 Å². The quantitative estimate of drug-likeness (QED) is 0.225. The maximum Gasteiger partial charge on any atom is 0.264 e. The number of halogens is 2. The number of anilines is 1. The number of methoxy groups -OCH3 is 2. The summed E-state index contributed by atoms with van der Waals surface area (Å²) in [7, 11) is -1.34. The summed E-state index contributed by atoms with van der Waals surface area (Å²) in [6.07, 6.45) is 4.11. The zero-order valence-corrected chi connectivity index (χ0v) is 28.2. The van der Waals surface area contributed by atoms with E-state index in [1.165, 1.54) is 37.3 Å². The number of carbonyl (C=O) groups excluding carboxylic acids is 2. The molecule has 4 rings (SSSR count). The summed E-state index contributed by atoms with van der Waals surface area (Å²) in [6, 6.07) is 15.1. The Hall–Kier alpha value is -3.47. The number of rotatable bonds is 13. The van der Waals surface area contributed by atoms with Gasteiger partial charge in [-0.3, -0.25) is 13.9 Å². The third kappa shape index (κ3) is 8.23. The number of nitrogens with one attached hydrogen (secondary N) is 1. The Bertz CT molecular complexity index is 1610. The zero-order valence-electron chi connectivity index (χ0n) is 25.9. The summed E-state index contributed by atoms with van der Waals surface area (Å²) in [6.45, 7) is 3.05. The Morgan fingerprint density at radius 2 is 1.62 bits per heavy atom. The van der Waals surface area contributed by atoms with Crippen molar-refractivity contribution in [3.05, 3.63) is 81.8 Å². The standard InChI is InChI=1S/C33H39Cl2N3O6S/c1-5-29(33(40)36-25-8-6-7-9-25)37(20-23-12-13-24(34)18-28(23)35)32(39)21-38(26-14-17-30(43-3)31(19-26)44-4)45(41,42)27-15-10-22(2)11-16-27/h10-19,25,29H,5-9,20-21H2,1-4H3,(H,36,40)/t29-/m0/s1.